The van der Waals surface area contributed by atoms with Crippen LogP contribution in [0.5, 0.6) is 5.75 Å². The molecule has 102 valence electrons. The zero-order valence-corrected chi connectivity index (χ0v) is 11.1. The number of aliphatic hydroxyl groups excluding tert-OH is 1. The first-order valence-corrected chi connectivity index (χ1v) is 6.34. The van der Waals surface area contributed by atoms with E-state index in [-0.39, 0.29) is 23.7 Å². The fraction of sp³-hybridized carbons (Fsp3) is 0.571. The first-order chi connectivity index (χ1) is 8.67. The summed E-state index contributed by atoms with van der Waals surface area (Å²) in [7, 11) is 1.84. The number of hydrogen-bond donors (Lipinski definition) is 2. The zero-order chi connectivity index (χ0) is 13.4. The van der Waals surface area contributed by atoms with Crippen molar-refractivity contribution in [1.82, 2.24) is 5.32 Å². The van der Waals surface area contributed by atoms with Gasteiger partial charge in [0, 0.05) is 5.54 Å². The molecule has 0 aliphatic carbocycles. The van der Waals surface area contributed by atoms with Gasteiger partial charge in [-0.05, 0) is 38.4 Å². The lowest BCUT2D eigenvalue weighted by molar-refractivity contribution is 0.145. The van der Waals surface area contributed by atoms with Crippen LogP contribution in [-0.2, 0) is 0 Å². The molecule has 0 spiro atoms. The molecule has 0 fully saturated rings. The van der Waals surface area contributed by atoms with Gasteiger partial charge in [0.25, 0.3) is 0 Å². The highest BCUT2D eigenvalue weighted by Crippen LogP contribution is 2.19. The number of ether oxygens (including phenoxy) is 1. The smallest absolute Gasteiger partial charge is 0.165 e. The Kier molecular flexibility index (Phi) is 6.09. The van der Waals surface area contributed by atoms with Gasteiger partial charge in [-0.25, -0.2) is 4.39 Å². The Hall–Kier alpha value is -1.13. The maximum Gasteiger partial charge on any atom is 0.165 e. The van der Waals surface area contributed by atoms with E-state index < -0.39 is 0 Å². The van der Waals surface area contributed by atoms with Gasteiger partial charge in [0.2, 0.25) is 0 Å². The zero-order valence-electron chi connectivity index (χ0n) is 11.1. The molecule has 1 aromatic rings. The minimum Gasteiger partial charge on any atom is -0.491 e. The average Bonchev–Trinajstić information content (AvgIpc) is 2.42. The molecule has 1 rings (SSSR count). The van der Waals surface area contributed by atoms with Crippen LogP contribution in [0.4, 0.5) is 4.39 Å². The predicted octanol–water partition coefficient (Wildman–Crippen LogP) is 2.35. The van der Waals surface area contributed by atoms with Crippen LogP contribution in [0.2, 0.25) is 0 Å². The Bertz CT molecular complexity index is 345. The Labute approximate surface area is 108 Å². The highest BCUT2D eigenvalue weighted by molar-refractivity contribution is 5.23. The SMILES string of the molecule is CCC(CO)(CCCOc1ccccc1F)NC. The molecule has 2 N–H and O–H groups in total. The van der Waals surface area contributed by atoms with E-state index in [0.29, 0.717) is 6.61 Å². The van der Waals surface area contributed by atoms with Crippen molar-refractivity contribution < 1.29 is 14.2 Å². The van der Waals surface area contributed by atoms with Crippen molar-refractivity contribution in [1.29, 1.82) is 0 Å². The first-order valence-electron chi connectivity index (χ1n) is 6.34. The van der Waals surface area contributed by atoms with Crippen LogP contribution in [0.15, 0.2) is 24.3 Å². The Morgan fingerprint density at radius 2 is 2.11 bits per heavy atom. The van der Waals surface area contributed by atoms with E-state index in [9.17, 15) is 9.50 Å². The molecular formula is C14H22FNO2. The quantitative estimate of drug-likeness (QED) is 0.701. The molecule has 0 aliphatic heterocycles. The molecule has 0 bridgehead atoms. The Balaban J connectivity index is 2.37. The largest absolute Gasteiger partial charge is 0.491 e. The molecule has 0 aliphatic rings. The van der Waals surface area contributed by atoms with E-state index in [2.05, 4.69) is 5.32 Å². The molecule has 3 nitrogen and oxygen atoms in total. The van der Waals surface area contributed by atoms with Crippen LogP contribution in [0.3, 0.4) is 0 Å². The van der Waals surface area contributed by atoms with Crippen molar-refractivity contribution in [3.8, 4) is 5.75 Å². The highest BCUT2D eigenvalue weighted by Gasteiger charge is 2.24. The van der Waals surface area contributed by atoms with Crippen LogP contribution >= 0.6 is 0 Å². The molecular weight excluding hydrogens is 233 g/mol. The van der Waals surface area contributed by atoms with E-state index >= 15 is 0 Å². The van der Waals surface area contributed by atoms with Crippen molar-refractivity contribution in [3.05, 3.63) is 30.1 Å². The highest BCUT2D eigenvalue weighted by atomic mass is 19.1. The molecule has 1 aromatic carbocycles. The molecule has 0 saturated heterocycles. The van der Waals surface area contributed by atoms with Gasteiger partial charge in [0.1, 0.15) is 0 Å². The van der Waals surface area contributed by atoms with Crippen LogP contribution in [0.25, 0.3) is 0 Å². The number of rotatable bonds is 8. The summed E-state index contributed by atoms with van der Waals surface area (Å²) in [6.45, 7) is 2.58. The third kappa shape index (κ3) is 3.96. The van der Waals surface area contributed by atoms with Gasteiger partial charge < -0.3 is 15.2 Å². The van der Waals surface area contributed by atoms with Crippen LogP contribution in [0, 0.1) is 5.82 Å². The van der Waals surface area contributed by atoms with Crippen LogP contribution < -0.4 is 10.1 Å². The second-order valence-corrected chi connectivity index (χ2v) is 4.42. The molecule has 0 amide bonds. The molecule has 0 saturated carbocycles. The summed E-state index contributed by atoms with van der Waals surface area (Å²) < 4.78 is 18.7. The fourth-order valence-corrected chi connectivity index (χ4v) is 1.90. The normalized spacial score (nSPS) is 14.2. The Morgan fingerprint density at radius 3 is 2.67 bits per heavy atom. The summed E-state index contributed by atoms with van der Waals surface area (Å²) in [6.07, 6.45) is 2.41. The van der Waals surface area contributed by atoms with Gasteiger partial charge in [0.15, 0.2) is 11.6 Å². The van der Waals surface area contributed by atoms with Gasteiger partial charge in [-0.2, -0.15) is 0 Å². The maximum absolute atomic E-state index is 13.3. The van der Waals surface area contributed by atoms with E-state index in [1.807, 2.05) is 14.0 Å². The van der Waals surface area contributed by atoms with Gasteiger partial charge in [-0.3, -0.25) is 0 Å². The molecule has 0 radical (unpaired) electrons. The summed E-state index contributed by atoms with van der Waals surface area (Å²) >= 11 is 0. The summed E-state index contributed by atoms with van der Waals surface area (Å²) in [4.78, 5) is 0. The number of para-hydroxylation sites is 1. The van der Waals surface area contributed by atoms with E-state index in [4.69, 9.17) is 4.74 Å². The predicted molar refractivity (Wildman–Crippen MR) is 70.3 cm³/mol. The second kappa shape index (κ2) is 7.34. The lowest BCUT2D eigenvalue weighted by Crippen LogP contribution is -2.46. The third-order valence-corrected chi connectivity index (χ3v) is 3.40. The fourth-order valence-electron chi connectivity index (χ4n) is 1.90. The van der Waals surface area contributed by atoms with Crippen molar-refractivity contribution in [2.45, 2.75) is 31.7 Å². The van der Waals surface area contributed by atoms with Crippen molar-refractivity contribution >= 4 is 0 Å². The van der Waals surface area contributed by atoms with Crippen LogP contribution in [-0.4, -0.2) is 30.9 Å². The summed E-state index contributed by atoms with van der Waals surface area (Å²) in [5.74, 6) is -0.0527. The minimum atomic E-state index is -0.338. The van der Waals surface area contributed by atoms with E-state index in [0.717, 1.165) is 19.3 Å². The standard InChI is InChI=1S/C14H22FNO2/c1-3-14(11-17,16-2)9-6-10-18-13-8-5-4-7-12(13)15/h4-5,7-8,16-17H,3,6,9-11H2,1-2H3. The Morgan fingerprint density at radius 1 is 1.39 bits per heavy atom. The molecule has 0 aromatic heterocycles. The molecule has 1 atom stereocenters. The number of halogens is 1. The number of likely N-dealkylation sites (N-methyl/N-ethyl adjacent to an activating group) is 1. The molecule has 18 heavy (non-hydrogen) atoms. The van der Waals surface area contributed by atoms with E-state index in [1.165, 1.54) is 6.07 Å². The summed E-state index contributed by atoms with van der Waals surface area (Å²) in [5.41, 5.74) is -0.251. The number of aliphatic hydroxyl groups is 1. The van der Waals surface area contributed by atoms with E-state index in [1.54, 1.807) is 18.2 Å². The number of hydrogen-bond acceptors (Lipinski definition) is 3. The van der Waals surface area contributed by atoms with Gasteiger partial charge >= 0.3 is 0 Å². The average molecular weight is 255 g/mol. The van der Waals surface area contributed by atoms with Gasteiger partial charge in [-0.1, -0.05) is 19.1 Å². The van der Waals surface area contributed by atoms with Crippen molar-refractivity contribution in [3.63, 3.8) is 0 Å². The monoisotopic (exact) mass is 255 g/mol. The van der Waals surface area contributed by atoms with Crippen molar-refractivity contribution in [2.24, 2.45) is 0 Å². The lowest BCUT2D eigenvalue weighted by atomic mass is 9.92. The maximum atomic E-state index is 13.3. The lowest BCUT2D eigenvalue weighted by Gasteiger charge is -2.30. The molecule has 0 heterocycles. The minimum absolute atomic E-state index is 0.0969. The number of benzene rings is 1. The molecule has 1 unspecified atom stereocenters. The first kappa shape index (κ1) is 14.9. The molecule has 4 heteroatoms. The van der Waals surface area contributed by atoms with Gasteiger partial charge in [0.05, 0.1) is 13.2 Å². The van der Waals surface area contributed by atoms with Gasteiger partial charge in [-0.15, -0.1) is 0 Å². The topological polar surface area (TPSA) is 41.5 Å². The van der Waals surface area contributed by atoms with Crippen molar-refractivity contribution in [2.75, 3.05) is 20.3 Å². The summed E-state index contributed by atoms with van der Waals surface area (Å²) in [6, 6.07) is 6.38. The van der Waals surface area contributed by atoms with Crippen LogP contribution in [0.1, 0.15) is 26.2 Å². The second-order valence-electron chi connectivity index (χ2n) is 4.42. The third-order valence-electron chi connectivity index (χ3n) is 3.40. The summed E-state index contributed by atoms with van der Waals surface area (Å²) in [5, 5.41) is 12.5. The number of nitrogens with one attached hydrogen (secondary N) is 1.